The number of methoxy groups -OCH3 is 1. The highest BCUT2D eigenvalue weighted by Gasteiger charge is 2.35. The second kappa shape index (κ2) is 11.3. The van der Waals surface area contributed by atoms with Gasteiger partial charge in [0.1, 0.15) is 0 Å². The Hall–Kier alpha value is -3.85. The normalized spacial score (nSPS) is 11.1. The van der Waals surface area contributed by atoms with Gasteiger partial charge in [0, 0.05) is 31.5 Å². The zero-order valence-corrected chi connectivity index (χ0v) is 18.4. The number of amides is 3. The van der Waals surface area contributed by atoms with Gasteiger partial charge < -0.3 is 20.3 Å². The molecular formula is C25H24F3N3O3. The standard InChI is InChI=1S/C25H24F3N3O3/c1-34-15-14-31(17-18-8-4-2-5-9-18)24(33)30-22-13-12-20(16-21(22)25(26,27)28)29-23(32)19-10-6-3-7-11-19/h2-13,16H,14-15,17H2,1H3,(H,29,32)(H,30,33). The second-order valence-electron chi connectivity index (χ2n) is 7.41. The zero-order chi connectivity index (χ0) is 24.6. The molecule has 3 aromatic rings. The molecule has 0 aliphatic carbocycles. The number of alkyl halides is 3. The van der Waals surface area contributed by atoms with Crippen molar-refractivity contribution < 1.29 is 27.5 Å². The highest BCUT2D eigenvalue weighted by Crippen LogP contribution is 2.37. The quantitative estimate of drug-likeness (QED) is 0.447. The third-order valence-corrected chi connectivity index (χ3v) is 4.93. The predicted molar refractivity (Wildman–Crippen MR) is 124 cm³/mol. The SMILES string of the molecule is COCCN(Cc1ccccc1)C(=O)Nc1ccc(NC(=O)c2ccccc2)cc1C(F)(F)F. The Bertz CT molecular complexity index is 1110. The Morgan fingerprint density at radius 2 is 1.56 bits per heavy atom. The number of hydrogen-bond acceptors (Lipinski definition) is 3. The van der Waals surface area contributed by atoms with E-state index in [4.69, 9.17) is 4.74 Å². The third-order valence-electron chi connectivity index (χ3n) is 4.93. The molecular weight excluding hydrogens is 447 g/mol. The van der Waals surface area contributed by atoms with E-state index in [-0.39, 0.29) is 25.4 Å². The minimum atomic E-state index is -4.76. The number of nitrogens with one attached hydrogen (secondary N) is 2. The molecule has 0 fully saturated rings. The van der Waals surface area contributed by atoms with E-state index >= 15 is 0 Å². The van der Waals surface area contributed by atoms with E-state index in [1.807, 2.05) is 30.3 Å². The molecule has 0 aromatic heterocycles. The van der Waals surface area contributed by atoms with Crippen LogP contribution >= 0.6 is 0 Å². The fourth-order valence-electron chi connectivity index (χ4n) is 3.21. The summed E-state index contributed by atoms with van der Waals surface area (Å²) in [4.78, 5) is 26.6. The van der Waals surface area contributed by atoms with Crippen LogP contribution in [0.1, 0.15) is 21.5 Å². The Balaban J connectivity index is 1.81. The smallest absolute Gasteiger partial charge is 0.383 e. The van der Waals surface area contributed by atoms with Crippen molar-refractivity contribution in [3.63, 3.8) is 0 Å². The van der Waals surface area contributed by atoms with Gasteiger partial charge in [-0.05, 0) is 35.9 Å². The number of carbonyl (C=O) groups excluding carboxylic acids is 2. The van der Waals surface area contributed by atoms with Crippen LogP contribution in [0.4, 0.5) is 29.3 Å². The van der Waals surface area contributed by atoms with Crippen LogP contribution in [0.3, 0.4) is 0 Å². The molecule has 6 nitrogen and oxygen atoms in total. The largest absolute Gasteiger partial charge is 0.418 e. The molecule has 0 atom stereocenters. The fourth-order valence-corrected chi connectivity index (χ4v) is 3.21. The van der Waals surface area contributed by atoms with Crippen LogP contribution in [0.25, 0.3) is 0 Å². The van der Waals surface area contributed by atoms with Gasteiger partial charge in [0.2, 0.25) is 0 Å². The summed E-state index contributed by atoms with van der Waals surface area (Å²) in [6.07, 6.45) is -4.76. The van der Waals surface area contributed by atoms with Gasteiger partial charge in [-0.25, -0.2) is 4.79 Å². The maximum atomic E-state index is 13.8. The number of urea groups is 1. The molecule has 0 radical (unpaired) electrons. The summed E-state index contributed by atoms with van der Waals surface area (Å²) in [7, 11) is 1.48. The van der Waals surface area contributed by atoms with Crippen LogP contribution in [0.2, 0.25) is 0 Å². The zero-order valence-electron chi connectivity index (χ0n) is 18.4. The van der Waals surface area contributed by atoms with Crippen molar-refractivity contribution in [2.45, 2.75) is 12.7 Å². The predicted octanol–water partition coefficient (Wildman–Crippen LogP) is 5.64. The summed E-state index contributed by atoms with van der Waals surface area (Å²) < 4.78 is 46.4. The summed E-state index contributed by atoms with van der Waals surface area (Å²) in [5.74, 6) is -0.542. The summed E-state index contributed by atoms with van der Waals surface area (Å²) in [5, 5.41) is 4.81. The number of ether oxygens (including phenoxy) is 1. The van der Waals surface area contributed by atoms with E-state index in [9.17, 15) is 22.8 Å². The Morgan fingerprint density at radius 3 is 2.18 bits per heavy atom. The summed E-state index contributed by atoms with van der Waals surface area (Å²) in [5.41, 5.74) is -0.393. The molecule has 9 heteroatoms. The molecule has 0 heterocycles. The van der Waals surface area contributed by atoms with Crippen molar-refractivity contribution >= 4 is 23.3 Å². The Labute approximate surface area is 195 Å². The average molecular weight is 471 g/mol. The molecule has 0 bridgehead atoms. The number of rotatable bonds is 8. The lowest BCUT2D eigenvalue weighted by Crippen LogP contribution is -2.37. The van der Waals surface area contributed by atoms with E-state index in [0.29, 0.717) is 5.56 Å². The Morgan fingerprint density at radius 1 is 0.912 bits per heavy atom. The van der Waals surface area contributed by atoms with Crippen LogP contribution in [-0.2, 0) is 17.5 Å². The summed E-state index contributed by atoms with van der Waals surface area (Å²) in [6, 6.07) is 19.8. The summed E-state index contributed by atoms with van der Waals surface area (Å²) in [6.45, 7) is 0.600. The van der Waals surface area contributed by atoms with Gasteiger partial charge in [-0.2, -0.15) is 13.2 Å². The first-order valence-corrected chi connectivity index (χ1v) is 10.4. The van der Waals surface area contributed by atoms with Gasteiger partial charge >= 0.3 is 12.2 Å². The van der Waals surface area contributed by atoms with Crippen LogP contribution in [0, 0.1) is 0 Å². The maximum Gasteiger partial charge on any atom is 0.418 e. The van der Waals surface area contributed by atoms with Gasteiger partial charge in [0.05, 0.1) is 17.9 Å². The number of hydrogen-bond donors (Lipinski definition) is 2. The second-order valence-corrected chi connectivity index (χ2v) is 7.41. The molecule has 0 spiro atoms. The van der Waals surface area contributed by atoms with E-state index < -0.39 is 29.4 Å². The molecule has 2 N–H and O–H groups in total. The van der Waals surface area contributed by atoms with Crippen molar-refractivity contribution in [3.05, 3.63) is 95.6 Å². The van der Waals surface area contributed by atoms with Crippen LogP contribution in [-0.4, -0.2) is 37.1 Å². The number of halogens is 3. The molecule has 3 aromatic carbocycles. The molecule has 0 saturated heterocycles. The van der Waals surface area contributed by atoms with Crippen molar-refractivity contribution in [1.29, 1.82) is 0 Å². The van der Waals surface area contributed by atoms with Crippen LogP contribution in [0.15, 0.2) is 78.9 Å². The molecule has 178 valence electrons. The van der Waals surface area contributed by atoms with Gasteiger partial charge in [-0.15, -0.1) is 0 Å². The van der Waals surface area contributed by atoms with Crippen molar-refractivity contribution in [2.24, 2.45) is 0 Å². The number of anilines is 2. The number of carbonyl (C=O) groups is 2. The first-order valence-electron chi connectivity index (χ1n) is 10.4. The third kappa shape index (κ3) is 6.82. The lowest BCUT2D eigenvalue weighted by atomic mass is 10.1. The van der Waals surface area contributed by atoms with E-state index in [0.717, 1.165) is 17.7 Å². The number of nitrogens with zero attached hydrogens (tertiary/aromatic N) is 1. The molecule has 0 aliphatic heterocycles. The lowest BCUT2D eigenvalue weighted by Gasteiger charge is -2.24. The van der Waals surface area contributed by atoms with Crippen molar-refractivity contribution in [3.8, 4) is 0 Å². The van der Waals surface area contributed by atoms with Crippen LogP contribution in [0.5, 0.6) is 0 Å². The lowest BCUT2D eigenvalue weighted by molar-refractivity contribution is -0.136. The minimum Gasteiger partial charge on any atom is -0.383 e. The molecule has 0 unspecified atom stereocenters. The van der Waals surface area contributed by atoms with Gasteiger partial charge in [-0.1, -0.05) is 48.5 Å². The topological polar surface area (TPSA) is 70.7 Å². The number of benzene rings is 3. The Kier molecular flexibility index (Phi) is 8.26. The van der Waals surface area contributed by atoms with Crippen molar-refractivity contribution in [1.82, 2.24) is 4.90 Å². The maximum absolute atomic E-state index is 13.8. The monoisotopic (exact) mass is 471 g/mol. The van der Waals surface area contributed by atoms with Crippen molar-refractivity contribution in [2.75, 3.05) is 30.9 Å². The highest BCUT2D eigenvalue weighted by atomic mass is 19.4. The average Bonchev–Trinajstić information content (AvgIpc) is 2.83. The molecule has 3 rings (SSSR count). The fraction of sp³-hybridized carbons (Fsp3) is 0.200. The molecule has 3 amide bonds. The first-order chi connectivity index (χ1) is 16.3. The first kappa shape index (κ1) is 24.8. The van der Waals surface area contributed by atoms with Gasteiger partial charge in [-0.3, -0.25) is 4.79 Å². The van der Waals surface area contributed by atoms with E-state index in [1.165, 1.54) is 18.1 Å². The minimum absolute atomic E-state index is 0.0419. The molecule has 0 aliphatic rings. The van der Waals surface area contributed by atoms with E-state index in [2.05, 4.69) is 10.6 Å². The van der Waals surface area contributed by atoms with E-state index in [1.54, 1.807) is 30.3 Å². The van der Waals surface area contributed by atoms with Gasteiger partial charge in [0.15, 0.2) is 0 Å². The van der Waals surface area contributed by atoms with Crippen LogP contribution < -0.4 is 10.6 Å². The molecule has 0 saturated carbocycles. The van der Waals surface area contributed by atoms with Gasteiger partial charge in [0.25, 0.3) is 5.91 Å². The summed E-state index contributed by atoms with van der Waals surface area (Å²) >= 11 is 0. The highest BCUT2D eigenvalue weighted by molar-refractivity contribution is 6.04. The molecule has 34 heavy (non-hydrogen) atoms.